The van der Waals surface area contributed by atoms with E-state index in [-0.39, 0.29) is 24.0 Å². The summed E-state index contributed by atoms with van der Waals surface area (Å²) in [5.74, 6) is -0.937. The number of thiazole rings is 1. The number of carboxylic acid groups (broad SMARTS) is 1. The van der Waals surface area contributed by atoms with Gasteiger partial charge in [0.25, 0.3) is 0 Å². The van der Waals surface area contributed by atoms with Crippen LogP contribution in [-0.2, 0) is 19.9 Å². The number of fused-ring (bicyclic) bond motifs is 3. The fourth-order valence-corrected chi connectivity index (χ4v) is 7.99. The van der Waals surface area contributed by atoms with Crippen molar-refractivity contribution in [2.45, 2.75) is 43.6 Å². The van der Waals surface area contributed by atoms with Crippen molar-refractivity contribution >= 4 is 39.3 Å². The van der Waals surface area contributed by atoms with Crippen LogP contribution in [0.5, 0.6) is 0 Å². The van der Waals surface area contributed by atoms with Gasteiger partial charge in [0.05, 0.1) is 0 Å². The second-order valence-corrected chi connectivity index (χ2v) is 12.3. The minimum Gasteiger partial charge on any atom is -0.480 e. The summed E-state index contributed by atoms with van der Waals surface area (Å²) in [5, 5.41) is 12.0. The predicted octanol–water partition coefficient (Wildman–Crippen LogP) is 6.42. The van der Waals surface area contributed by atoms with Gasteiger partial charge >= 0.3 is 12.1 Å². The lowest BCUT2D eigenvalue weighted by Gasteiger charge is -2.40. The van der Waals surface area contributed by atoms with Crippen LogP contribution in [-0.4, -0.2) is 53.4 Å². The van der Waals surface area contributed by atoms with E-state index in [4.69, 9.17) is 9.47 Å². The number of hydrogen-bond acceptors (Lipinski definition) is 6. The molecule has 0 bridgehead atoms. The number of aliphatic carboxylic acids is 1. The number of nitrogens with zero attached hydrogens (tertiary/aromatic N) is 2. The van der Waals surface area contributed by atoms with Crippen LogP contribution in [0.15, 0.2) is 58.5 Å². The highest BCUT2D eigenvalue weighted by atomic mass is 79.9. The van der Waals surface area contributed by atoms with E-state index in [1.54, 1.807) is 0 Å². The molecule has 1 saturated carbocycles. The fraction of sp³-hybridized carbons (Fsp3) is 0.414. The highest BCUT2D eigenvalue weighted by Crippen LogP contribution is 2.57. The standard InChI is InChI=1S/C29H29BrN2O5S/c30-24-17-38-26(31-24)29(37-16-25(33)34)10-9-28(18-29)11-13-32(14-12-28)27(35)36-15-23-21-7-3-1-5-19(21)20-6-2-4-8-22(20)23/h1-8,17,23H,9-16,18H2,(H,33,34). The van der Waals surface area contributed by atoms with Gasteiger partial charge in [-0.15, -0.1) is 11.3 Å². The zero-order valence-corrected chi connectivity index (χ0v) is 23.3. The number of benzene rings is 2. The molecule has 1 saturated heterocycles. The number of carbonyl (C=O) groups is 2. The Kier molecular flexibility index (Phi) is 6.78. The highest BCUT2D eigenvalue weighted by molar-refractivity contribution is 9.10. The lowest BCUT2D eigenvalue weighted by molar-refractivity contribution is -0.151. The molecule has 2 heterocycles. The Hall–Kier alpha value is -2.75. The van der Waals surface area contributed by atoms with Crippen molar-refractivity contribution in [2.24, 2.45) is 5.41 Å². The van der Waals surface area contributed by atoms with Gasteiger partial charge in [-0.1, -0.05) is 48.5 Å². The first kappa shape index (κ1) is 25.5. The van der Waals surface area contributed by atoms with Crippen LogP contribution in [0.25, 0.3) is 11.1 Å². The Morgan fingerprint density at radius 3 is 2.29 bits per heavy atom. The first-order valence-corrected chi connectivity index (χ1v) is 14.6. The molecule has 7 nitrogen and oxygen atoms in total. The number of aromatic nitrogens is 1. The SMILES string of the molecule is O=C(O)COC1(c2nc(Br)cs2)CCC2(CCN(C(=O)OCC3c4ccccc4-c4ccccc43)CC2)C1. The van der Waals surface area contributed by atoms with Crippen molar-refractivity contribution < 1.29 is 24.2 Å². The number of carboxylic acids is 1. The molecule has 2 aromatic carbocycles. The van der Waals surface area contributed by atoms with Crippen molar-refractivity contribution in [2.75, 3.05) is 26.3 Å². The number of likely N-dealkylation sites (tertiary alicyclic amines) is 1. The summed E-state index contributed by atoms with van der Waals surface area (Å²) in [6.07, 6.45) is 3.76. The number of carbonyl (C=O) groups excluding carboxylic acids is 1. The molecule has 6 rings (SSSR count). The van der Waals surface area contributed by atoms with Gasteiger partial charge in [-0.3, -0.25) is 0 Å². The minimum absolute atomic E-state index is 0.00321. The van der Waals surface area contributed by atoms with E-state index in [1.165, 1.54) is 33.6 Å². The quantitative estimate of drug-likeness (QED) is 0.353. The largest absolute Gasteiger partial charge is 0.480 e. The summed E-state index contributed by atoms with van der Waals surface area (Å²) in [5.41, 5.74) is 4.14. The lowest BCUT2D eigenvalue weighted by atomic mass is 9.76. The van der Waals surface area contributed by atoms with Crippen molar-refractivity contribution in [1.29, 1.82) is 0 Å². The lowest BCUT2D eigenvalue weighted by Crippen LogP contribution is -2.43. The molecule has 1 aliphatic heterocycles. The molecule has 0 radical (unpaired) electrons. The van der Waals surface area contributed by atoms with Crippen LogP contribution in [0.3, 0.4) is 0 Å². The number of piperidine rings is 1. The van der Waals surface area contributed by atoms with Crippen LogP contribution in [0.2, 0.25) is 0 Å². The zero-order valence-electron chi connectivity index (χ0n) is 20.9. The molecule has 1 N–H and O–H groups in total. The maximum atomic E-state index is 13.1. The summed E-state index contributed by atoms with van der Waals surface area (Å²) in [4.78, 5) is 30.8. The summed E-state index contributed by atoms with van der Waals surface area (Å²) in [6, 6.07) is 16.7. The third-order valence-corrected chi connectivity index (χ3v) is 10.2. The average molecular weight is 598 g/mol. The van der Waals surface area contributed by atoms with E-state index in [0.29, 0.717) is 26.1 Å². The van der Waals surface area contributed by atoms with Crippen molar-refractivity contribution in [1.82, 2.24) is 9.88 Å². The molecule has 1 atom stereocenters. The van der Waals surface area contributed by atoms with Gasteiger partial charge in [0, 0.05) is 24.4 Å². The number of halogens is 1. The fourth-order valence-electron chi connectivity index (χ4n) is 6.56. The average Bonchev–Trinajstić information content (AvgIpc) is 3.62. The summed E-state index contributed by atoms with van der Waals surface area (Å²) in [7, 11) is 0. The van der Waals surface area contributed by atoms with Crippen LogP contribution in [0.4, 0.5) is 4.79 Å². The minimum atomic E-state index is -0.981. The van der Waals surface area contributed by atoms with E-state index in [2.05, 4.69) is 45.2 Å². The van der Waals surface area contributed by atoms with Crippen LogP contribution < -0.4 is 0 Å². The molecule has 1 unspecified atom stereocenters. The summed E-state index contributed by atoms with van der Waals surface area (Å²) < 4.78 is 12.7. The van der Waals surface area contributed by atoms with E-state index in [1.807, 2.05) is 34.5 Å². The molecular weight excluding hydrogens is 568 g/mol. The van der Waals surface area contributed by atoms with Crippen molar-refractivity contribution in [3.8, 4) is 11.1 Å². The second-order valence-electron chi connectivity index (χ2n) is 10.6. The Morgan fingerprint density at radius 2 is 1.68 bits per heavy atom. The van der Waals surface area contributed by atoms with Gasteiger partial charge in [0.2, 0.25) is 0 Å². The highest BCUT2D eigenvalue weighted by Gasteiger charge is 2.53. The molecule has 9 heteroatoms. The molecule has 198 valence electrons. The molecule has 1 amide bonds. The smallest absolute Gasteiger partial charge is 0.409 e. The number of hydrogen-bond donors (Lipinski definition) is 1. The van der Waals surface area contributed by atoms with Gasteiger partial charge in [-0.25, -0.2) is 14.6 Å². The Bertz CT molecular complexity index is 1320. The third-order valence-electron chi connectivity index (χ3n) is 8.48. The van der Waals surface area contributed by atoms with Gasteiger partial charge < -0.3 is 19.5 Å². The van der Waals surface area contributed by atoms with Gasteiger partial charge in [0.15, 0.2) is 0 Å². The molecule has 3 aliphatic rings. The van der Waals surface area contributed by atoms with Crippen molar-refractivity contribution in [3.05, 3.63) is 74.6 Å². The Balaban J connectivity index is 1.10. The normalized spacial score (nSPS) is 21.9. The van der Waals surface area contributed by atoms with E-state index in [9.17, 15) is 14.7 Å². The van der Waals surface area contributed by atoms with Crippen LogP contribution in [0.1, 0.15) is 54.2 Å². The zero-order chi connectivity index (χ0) is 26.3. The van der Waals surface area contributed by atoms with E-state index in [0.717, 1.165) is 35.3 Å². The first-order chi connectivity index (χ1) is 18.4. The van der Waals surface area contributed by atoms with Gasteiger partial charge in [0.1, 0.15) is 28.4 Å². The van der Waals surface area contributed by atoms with E-state index >= 15 is 0 Å². The van der Waals surface area contributed by atoms with Gasteiger partial charge in [-0.05, 0) is 75.7 Å². The summed E-state index contributed by atoms with van der Waals surface area (Å²) >= 11 is 4.92. The van der Waals surface area contributed by atoms with Crippen LogP contribution in [0, 0.1) is 5.41 Å². The number of ether oxygens (including phenoxy) is 2. The first-order valence-electron chi connectivity index (χ1n) is 13.0. The molecule has 2 aliphatic carbocycles. The summed E-state index contributed by atoms with van der Waals surface area (Å²) in [6.45, 7) is 1.21. The maximum absolute atomic E-state index is 13.1. The monoisotopic (exact) mass is 596 g/mol. The number of rotatable bonds is 6. The third kappa shape index (κ3) is 4.65. The second kappa shape index (κ2) is 10.1. The van der Waals surface area contributed by atoms with Crippen molar-refractivity contribution in [3.63, 3.8) is 0 Å². The van der Waals surface area contributed by atoms with Crippen LogP contribution >= 0.6 is 27.3 Å². The Labute approximate surface area is 233 Å². The Morgan fingerprint density at radius 1 is 1.03 bits per heavy atom. The van der Waals surface area contributed by atoms with Gasteiger partial charge in [-0.2, -0.15) is 0 Å². The molecule has 38 heavy (non-hydrogen) atoms. The van der Waals surface area contributed by atoms with E-state index < -0.39 is 11.6 Å². The molecular formula is C29H29BrN2O5S. The predicted molar refractivity (Wildman–Crippen MR) is 147 cm³/mol. The molecule has 1 spiro atoms. The number of amides is 1. The molecule has 1 aromatic heterocycles. The molecule has 3 aromatic rings. The topological polar surface area (TPSA) is 89.0 Å². The molecule has 2 fully saturated rings. The maximum Gasteiger partial charge on any atom is 0.409 e.